The van der Waals surface area contributed by atoms with Crippen molar-refractivity contribution in [2.24, 2.45) is 7.05 Å². The molecule has 1 amide bonds. The van der Waals surface area contributed by atoms with Gasteiger partial charge < -0.3 is 19.9 Å². The van der Waals surface area contributed by atoms with Crippen LogP contribution < -0.4 is 10.6 Å². The first-order chi connectivity index (χ1) is 10.2. The second-order valence-electron chi connectivity index (χ2n) is 5.28. The Balaban J connectivity index is 0.00000132. The molecule has 2 heterocycles. The summed E-state index contributed by atoms with van der Waals surface area (Å²) in [5.41, 5.74) is 2.02. The van der Waals surface area contributed by atoms with Crippen LogP contribution >= 0.6 is 24.8 Å². The summed E-state index contributed by atoms with van der Waals surface area (Å²) in [5, 5.41) is 6.20. The molecule has 1 unspecified atom stereocenters. The number of fused-ring (bicyclic) bond motifs is 1. The van der Waals surface area contributed by atoms with Crippen LogP contribution in [0.4, 0.5) is 0 Å². The molecule has 0 saturated carbocycles. The van der Waals surface area contributed by atoms with Crippen molar-refractivity contribution >= 4 is 41.8 Å². The van der Waals surface area contributed by atoms with Gasteiger partial charge in [-0.25, -0.2) is 4.98 Å². The van der Waals surface area contributed by atoms with Crippen molar-refractivity contribution < 1.29 is 9.53 Å². The molecule has 0 radical (unpaired) electrons. The fourth-order valence-electron chi connectivity index (χ4n) is 2.58. The number of para-hydroxylation sites is 2. The van der Waals surface area contributed by atoms with E-state index in [1.807, 2.05) is 35.9 Å². The number of hydrogen-bond acceptors (Lipinski definition) is 4. The monoisotopic (exact) mass is 360 g/mol. The highest BCUT2D eigenvalue weighted by molar-refractivity contribution is 5.85. The van der Waals surface area contributed by atoms with Gasteiger partial charge in [0.05, 0.1) is 30.8 Å². The molecule has 128 valence electrons. The van der Waals surface area contributed by atoms with Gasteiger partial charge in [0.1, 0.15) is 5.82 Å². The smallest absolute Gasteiger partial charge is 0.222 e. The number of hydrogen-bond donors (Lipinski definition) is 2. The van der Waals surface area contributed by atoms with E-state index in [9.17, 15) is 4.79 Å². The number of carbonyl (C=O) groups excluding carboxylic acids is 1. The van der Waals surface area contributed by atoms with E-state index in [1.54, 1.807) is 0 Å². The fourth-order valence-corrected chi connectivity index (χ4v) is 2.58. The summed E-state index contributed by atoms with van der Waals surface area (Å²) in [7, 11) is 1.97. The van der Waals surface area contributed by atoms with Crippen molar-refractivity contribution in [1.82, 2.24) is 20.2 Å². The molecule has 0 bridgehead atoms. The molecule has 6 nitrogen and oxygen atoms in total. The Labute approximate surface area is 147 Å². The third-order valence-electron chi connectivity index (χ3n) is 3.75. The maximum absolute atomic E-state index is 12.0. The lowest BCUT2D eigenvalue weighted by atomic mass is 10.2. The first kappa shape index (κ1) is 19.7. The number of amides is 1. The number of nitrogens with one attached hydrogen (secondary N) is 2. The van der Waals surface area contributed by atoms with Crippen molar-refractivity contribution in [2.75, 3.05) is 19.8 Å². The van der Waals surface area contributed by atoms with E-state index < -0.39 is 0 Å². The summed E-state index contributed by atoms with van der Waals surface area (Å²) in [6.45, 7) is 2.57. The maximum atomic E-state index is 12.0. The molecule has 3 rings (SSSR count). The Kier molecular flexibility index (Phi) is 7.78. The average molecular weight is 361 g/mol. The number of carbonyl (C=O) groups is 1. The van der Waals surface area contributed by atoms with E-state index >= 15 is 0 Å². The molecule has 1 fully saturated rings. The Morgan fingerprint density at radius 3 is 2.91 bits per heavy atom. The molecule has 8 heteroatoms. The van der Waals surface area contributed by atoms with Gasteiger partial charge >= 0.3 is 0 Å². The minimum Gasteiger partial charge on any atom is -0.378 e. The van der Waals surface area contributed by atoms with Gasteiger partial charge in [0.25, 0.3) is 0 Å². The fraction of sp³-hybridized carbons (Fsp3) is 0.467. The van der Waals surface area contributed by atoms with Crippen LogP contribution in [0.15, 0.2) is 24.3 Å². The van der Waals surface area contributed by atoms with Gasteiger partial charge in [-0.15, -0.1) is 24.8 Å². The highest BCUT2D eigenvalue weighted by Gasteiger charge is 2.17. The van der Waals surface area contributed by atoms with Gasteiger partial charge in [-0.3, -0.25) is 4.79 Å². The van der Waals surface area contributed by atoms with Crippen LogP contribution in [0.1, 0.15) is 12.2 Å². The number of halogens is 2. The van der Waals surface area contributed by atoms with E-state index in [0.29, 0.717) is 19.6 Å². The normalized spacial score (nSPS) is 17.2. The molecule has 1 aliphatic heterocycles. The predicted octanol–water partition coefficient (Wildman–Crippen LogP) is 1.41. The maximum Gasteiger partial charge on any atom is 0.222 e. The number of aryl methyl sites for hydroxylation is 1. The summed E-state index contributed by atoms with van der Waals surface area (Å²) in [6, 6.07) is 8.06. The van der Waals surface area contributed by atoms with Crippen LogP contribution in [0.2, 0.25) is 0 Å². The van der Waals surface area contributed by atoms with Crippen molar-refractivity contribution in [3.63, 3.8) is 0 Å². The first-order valence-corrected chi connectivity index (χ1v) is 7.22. The molecule has 2 aromatic rings. The van der Waals surface area contributed by atoms with E-state index in [2.05, 4.69) is 15.6 Å². The summed E-state index contributed by atoms with van der Waals surface area (Å²) < 4.78 is 7.36. The summed E-state index contributed by atoms with van der Waals surface area (Å²) in [4.78, 5) is 16.5. The SMILES string of the molecule is Cl.Cl.Cn1c(CNC(=O)CC2COCCN2)nc2ccccc21. The molecule has 1 aromatic carbocycles. The third kappa shape index (κ3) is 4.81. The van der Waals surface area contributed by atoms with Crippen LogP contribution in [0.3, 0.4) is 0 Å². The molecule has 23 heavy (non-hydrogen) atoms. The average Bonchev–Trinajstić information content (AvgIpc) is 2.83. The van der Waals surface area contributed by atoms with Gasteiger partial charge in [0.2, 0.25) is 5.91 Å². The summed E-state index contributed by atoms with van der Waals surface area (Å²) in [5.74, 6) is 0.877. The second kappa shape index (κ2) is 9.08. The van der Waals surface area contributed by atoms with E-state index in [1.165, 1.54) is 0 Å². The minimum atomic E-state index is 0. The lowest BCUT2D eigenvalue weighted by molar-refractivity contribution is -0.122. The third-order valence-corrected chi connectivity index (χ3v) is 3.75. The standard InChI is InChI=1S/C15H20N4O2.2ClH/c1-19-13-5-3-2-4-12(13)18-14(19)9-17-15(20)8-11-10-21-7-6-16-11;;/h2-5,11,16H,6-10H2,1H3,(H,17,20);2*1H. The highest BCUT2D eigenvalue weighted by atomic mass is 35.5. The number of rotatable bonds is 4. The Bertz CT molecular complexity index is 641. The van der Waals surface area contributed by atoms with Crippen LogP contribution in [0.25, 0.3) is 11.0 Å². The van der Waals surface area contributed by atoms with Gasteiger partial charge in [-0.05, 0) is 12.1 Å². The Hall–Kier alpha value is -1.34. The van der Waals surface area contributed by atoms with E-state index in [0.717, 1.165) is 30.0 Å². The molecule has 1 saturated heterocycles. The highest BCUT2D eigenvalue weighted by Crippen LogP contribution is 2.13. The van der Waals surface area contributed by atoms with Crippen molar-refractivity contribution in [3.8, 4) is 0 Å². The number of benzene rings is 1. The topological polar surface area (TPSA) is 68.2 Å². The van der Waals surface area contributed by atoms with Crippen LogP contribution in [-0.4, -0.2) is 41.3 Å². The van der Waals surface area contributed by atoms with Crippen molar-refractivity contribution in [3.05, 3.63) is 30.1 Å². The van der Waals surface area contributed by atoms with Crippen molar-refractivity contribution in [2.45, 2.75) is 19.0 Å². The summed E-state index contributed by atoms with van der Waals surface area (Å²) in [6.07, 6.45) is 0.434. The van der Waals surface area contributed by atoms with Crippen LogP contribution in [0, 0.1) is 0 Å². The van der Waals surface area contributed by atoms with Gasteiger partial charge in [0.15, 0.2) is 0 Å². The lowest BCUT2D eigenvalue weighted by Crippen LogP contribution is -2.44. The van der Waals surface area contributed by atoms with Gasteiger partial charge in [-0.1, -0.05) is 12.1 Å². The van der Waals surface area contributed by atoms with Crippen LogP contribution in [-0.2, 0) is 23.1 Å². The molecular weight excluding hydrogens is 339 g/mol. The molecule has 1 atom stereocenters. The molecule has 0 aliphatic carbocycles. The number of morpholine rings is 1. The van der Waals surface area contributed by atoms with Gasteiger partial charge in [-0.2, -0.15) is 0 Å². The first-order valence-electron chi connectivity index (χ1n) is 7.22. The minimum absolute atomic E-state index is 0. The zero-order valence-corrected chi connectivity index (χ0v) is 14.6. The lowest BCUT2D eigenvalue weighted by Gasteiger charge is -2.23. The molecule has 1 aromatic heterocycles. The van der Waals surface area contributed by atoms with E-state index in [4.69, 9.17) is 4.74 Å². The Morgan fingerprint density at radius 1 is 1.43 bits per heavy atom. The zero-order chi connectivity index (χ0) is 14.7. The molecular formula is C15H22Cl2N4O2. The summed E-state index contributed by atoms with van der Waals surface area (Å²) >= 11 is 0. The van der Waals surface area contributed by atoms with Crippen molar-refractivity contribution in [1.29, 1.82) is 0 Å². The number of nitrogens with zero attached hydrogens (tertiary/aromatic N) is 2. The van der Waals surface area contributed by atoms with E-state index in [-0.39, 0.29) is 36.8 Å². The molecule has 0 spiro atoms. The predicted molar refractivity (Wildman–Crippen MR) is 94.3 cm³/mol. The molecule has 1 aliphatic rings. The van der Waals surface area contributed by atoms with Crippen LogP contribution in [0.5, 0.6) is 0 Å². The zero-order valence-electron chi connectivity index (χ0n) is 12.9. The largest absolute Gasteiger partial charge is 0.378 e. The molecule has 2 N–H and O–H groups in total. The number of aromatic nitrogens is 2. The number of imidazole rings is 1. The second-order valence-corrected chi connectivity index (χ2v) is 5.28. The Morgan fingerprint density at radius 2 is 2.22 bits per heavy atom. The van der Waals surface area contributed by atoms with Gasteiger partial charge in [0, 0.05) is 26.1 Å². The number of ether oxygens (including phenoxy) is 1. The quantitative estimate of drug-likeness (QED) is 0.864.